The predicted octanol–water partition coefficient (Wildman–Crippen LogP) is 5.78. The number of benzene rings is 3. The van der Waals surface area contributed by atoms with Gasteiger partial charge in [-0.05, 0) is 61.6 Å². The third-order valence-electron chi connectivity index (χ3n) is 6.58. The number of hydrogen-bond donors (Lipinski definition) is 2. The molecule has 5 heteroatoms. The van der Waals surface area contributed by atoms with E-state index in [1.165, 1.54) is 12.1 Å². The summed E-state index contributed by atoms with van der Waals surface area (Å²) in [5.41, 5.74) is 2.91. The van der Waals surface area contributed by atoms with Crippen molar-refractivity contribution in [3.05, 3.63) is 99.7 Å². The first kappa shape index (κ1) is 20.5. The lowest BCUT2D eigenvalue weighted by atomic mass is 9.71. The Hall–Kier alpha value is -3.44. The van der Waals surface area contributed by atoms with Crippen molar-refractivity contribution < 1.29 is 13.9 Å². The van der Waals surface area contributed by atoms with E-state index in [1.807, 2.05) is 30.3 Å². The van der Waals surface area contributed by atoms with E-state index >= 15 is 0 Å². The molecule has 0 aliphatic heterocycles. The summed E-state index contributed by atoms with van der Waals surface area (Å²) in [4.78, 5) is 13.3. The second-order valence-electron chi connectivity index (χ2n) is 8.46. The normalized spacial score (nSPS) is 14.9. The molecule has 2 N–H and O–H groups in total. The van der Waals surface area contributed by atoms with E-state index in [9.17, 15) is 14.3 Å². The van der Waals surface area contributed by atoms with Crippen molar-refractivity contribution in [2.24, 2.45) is 0 Å². The molecule has 0 saturated heterocycles. The Morgan fingerprint density at radius 3 is 2.41 bits per heavy atom. The van der Waals surface area contributed by atoms with E-state index in [0.717, 1.165) is 30.4 Å². The summed E-state index contributed by atoms with van der Waals surface area (Å²) in [7, 11) is 0. The Balaban J connectivity index is 1.55. The molecule has 5 rings (SSSR count). The number of halogens is 1. The maximum absolute atomic E-state index is 13.4. The van der Waals surface area contributed by atoms with E-state index in [1.54, 1.807) is 31.2 Å². The SMILES string of the molecule is Cc1oc2c(CNC3(c4ccc(F)cc4)CCC3)c(O)ccc2c(=O)c1-c1ccccc1. The molecule has 1 heterocycles. The first-order chi connectivity index (χ1) is 15.5. The quantitative estimate of drug-likeness (QED) is 0.422. The molecule has 1 aliphatic carbocycles. The molecule has 32 heavy (non-hydrogen) atoms. The fraction of sp³-hybridized carbons (Fsp3) is 0.222. The Kier molecular flexibility index (Phi) is 5.06. The predicted molar refractivity (Wildman–Crippen MR) is 123 cm³/mol. The van der Waals surface area contributed by atoms with Gasteiger partial charge in [0.1, 0.15) is 22.9 Å². The molecule has 162 valence electrons. The first-order valence-corrected chi connectivity index (χ1v) is 10.8. The zero-order valence-electron chi connectivity index (χ0n) is 17.8. The summed E-state index contributed by atoms with van der Waals surface area (Å²) in [6.07, 6.45) is 2.91. The minimum Gasteiger partial charge on any atom is -0.507 e. The van der Waals surface area contributed by atoms with Crippen LogP contribution in [0.25, 0.3) is 22.1 Å². The number of rotatable bonds is 5. The average Bonchev–Trinajstić information content (AvgIpc) is 2.76. The molecule has 0 amide bonds. The van der Waals surface area contributed by atoms with Gasteiger partial charge in [0.25, 0.3) is 0 Å². The summed E-state index contributed by atoms with van der Waals surface area (Å²) in [5.74, 6) is 0.326. The molecule has 0 radical (unpaired) electrons. The maximum atomic E-state index is 13.4. The molecule has 0 bridgehead atoms. The topological polar surface area (TPSA) is 62.5 Å². The highest BCUT2D eigenvalue weighted by Gasteiger charge is 2.38. The molecule has 0 spiro atoms. The van der Waals surface area contributed by atoms with Crippen molar-refractivity contribution in [1.82, 2.24) is 5.32 Å². The standard InChI is InChI=1S/C27H24FNO3/c1-17-24(18-6-3-2-4-7-18)25(31)21-12-13-23(30)22(26(21)32-17)16-29-27(14-5-15-27)19-8-10-20(28)11-9-19/h2-4,6-13,29-30H,5,14-16H2,1H3. The molecule has 4 nitrogen and oxygen atoms in total. The molecule has 1 fully saturated rings. The van der Waals surface area contributed by atoms with Crippen LogP contribution in [0.2, 0.25) is 0 Å². The zero-order chi connectivity index (χ0) is 22.3. The smallest absolute Gasteiger partial charge is 0.200 e. The number of nitrogens with one attached hydrogen (secondary N) is 1. The third-order valence-corrected chi connectivity index (χ3v) is 6.58. The molecular formula is C27H24FNO3. The molecule has 1 saturated carbocycles. The highest BCUT2D eigenvalue weighted by molar-refractivity contribution is 5.86. The number of fused-ring (bicyclic) bond motifs is 1. The summed E-state index contributed by atoms with van der Waals surface area (Å²) in [6, 6.07) is 19.2. The minimum atomic E-state index is -0.276. The maximum Gasteiger partial charge on any atom is 0.200 e. The van der Waals surface area contributed by atoms with Crippen LogP contribution < -0.4 is 10.7 Å². The fourth-order valence-electron chi connectivity index (χ4n) is 4.65. The Morgan fingerprint density at radius 1 is 1.03 bits per heavy atom. The van der Waals surface area contributed by atoms with Crippen LogP contribution in [0.5, 0.6) is 5.75 Å². The van der Waals surface area contributed by atoms with E-state index in [2.05, 4.69) is 5.32 Å². The van der Waals surface area contributed by atoms with Gasteiger partial charge in [0.05, 0.1) is 16.5 Å². The van der Waals surface area contributed by atoms with Gasteiger partial charge in [-0.2, -0.15) is 0 Å². The van der Waals surface area contributed by atoms with Gasteiger partial charge in [-0.15, -0.1) is 0 Å². The second kappa shape index (κ2) is 7.92. The van der Waals surface area contributed by atoms with Crippen LogP contribution in [0.4, 0.5) is 4.39 Å². The van der Waals surface area contributed by atoms with E-state index in [4.69, 9.17) is 4.42 Å². The molecule has 3 aromatic carbocycles. The van der Waals surface area contributed by atoms with Crippen LogP contribution >= 0.6 is 0 Å². The summed E-state index contributed by atoms with van der Waals surface area (Å²) < 4.78 is 19.5. The van der Waals surface area contributed by atoms with Crippen LogP contribution in [0.1, 0.15) is 36.1 Å². The van der Waals surface area contributed by atoms with E-state index in [-0.39, 0.29) is 22.5 Å². The van der Waals surface area contributed by atoms with Crippen LogP contribution in [-0.4, -0.2) is 5.11 Å². The van der Waals surface area contributed by atoms with Gasteiger partial charge in [0.2, 0.25) is 5.43 Å². The number of phenolic OH excluding ortho intramolecular Hbond substituents is 1. The van der Waals surface area contributed by atoms with E-state index in [0.29, 0.717) is 34.4 Å². The van der Waals surface area contributed by atoms with Crippen LogP contribution in [0, 0.1) is 12.7 Å². The van der Waals surface area contributed by atoms with Crippen LogP contribution in [0.3, 0.4) is 0 Å². The molecule has 0 unspecified atom stereocenters. The summed E-state index contributed by atoms with van der Waals surface area (Å²) >= 11 is 0. The van der Waals surface area contributed by atoms with Gasteiger partial charge in [-0.1, -0.05) is 42.5 Å². The largest absolute Gasteiger partial charge is 0.507 e. The lowest BCUT2D eigenvalue weighted by Crippen LogP contribution is -2.47. The zero-order valence-corrected chi connectivity index (χ0v) is 17.8. The second-order valence-corrected chi connectivity index (χ2v) is 8.46. The molecular weight excluding hydrogens is 405 g/mol. The van der Waals surface area contributed by atoms with Gasteiger partial charge >= 0.3 is 0 Å². The van der Waals surface area contributed by atoms with Crippen molar-refractivity contribution in [2.75, 3.05) is 0 Å². The fourth-order valence-corrected chi connectivity index (χ4v) is 4.65. The van der Waals surface area contributed by atoms with E-state index < -0.39 is 0 Å². The van der Waals surface area contributed by atoms with Crippen molar-refractivity contribution >= 4 is 11.0 Å². The molecule has 1 aliphatic rings. The highest BCUT2D eigenvalue weighted by atomic mass is 19.1. The van der Waals surface area contributed by atoms with Gasteiger partial charge in [0, 0.05) is 12.1 Å². The Bertz CT molecular complexity index is 1340. The number of aryl methyl sites for hydroxylation is 1. The monoisotopic (exact) mass is 429 g/mol. The van der Waals surface area contributed by atoms with Gasteiger partial charge in [-0.3, -0.25) is 4.79 Å². The average molecular weight is 429 g/mol. The van der Waals surface area contributed by atoms with Crippen LogP contribution in [-0.2, 0) is 12.1 Å². The highest BCUT2D eigenvalue weighted by Crippen LogP contribution is 2.42. The number of phenols is 1. The molecule has 4 aromatic rings. The number of hydrogen-bond acceptors (Lipinski definition) is 4. The lowest BCUT2D eigenvalue weighted by Gasteiger charge is -2.43. The minimum absolute atomic E-state index is 0.0774. The third kappa shape index (κ3) is 3.39. The van der Waals surface area contributed by atoms with Gasteiger partial charge < -0.3 is 14.8 Å². The Morgan fingerprint density at radius 2 is 1.75 bits per heavy atom. The number of aromatic hydroxyl groups is 1. The lowest BCUT2D eigenvalue weighted by molar-refractivity contribution is 0.183. The van der Waals surface area contributed by atoms with Gasteiger partial charge in [0.15, 0.2) is 0 Å². The van der Waals surface area contributed by atoms with Crippen molar-refractivity contribution in [3.63, 3.8) is 0 Å². The summed E-state index contributed by atoms with van der Waals surface area (Å²) in [6.45, 7) is 2.10. The first-order valence-electron chi connectivity index (χ1n) is 10.8. The summed E-state index contributed by atoms with van der Waals surface area (Å²) in [5, 5.41) is 14.6. The van der Waals surface area contributed by atoms with Crippen LogP contribution in [0.15, 0.2) is 75.9 Å². The van der Waals surface area contributed by atoms with Crippen molar-refractivity contribution in [1.29, 1.82) is 0 Å². The molecule has 0 atom stereocenters. The van der Waals surface area contributed by atoms with Crippen molar-refractivity contribution in [3.8, 4) is 16.9 Å². The molecule has 1 aromatic heterocycles. The van der Waals surface area contributed by atoms with Gasteiger partial charge in [-0.25, -0.2) is 4.39 Å². The Labute approximate surface area is 185 Å². The van der Waals surface area contributed by atoms with Crippen molar-refractivity contribution in [2.45, 2.75) is 38.3 Å².